The molecule has 0 amide bonds. The van der Waals surface area contributed by atoms with E-state index in [1.165, 1.54) is 25.0 Å². The molecule has 2 heterocycles. The molecule has 0 radical (unpaired) electrons. The van der Waals surface area contributed by atoms with Crippen molar-refractivity contribution in [3.05, 3.63) is 34.9 Å². The van der Waals surface area contributed by atoms with Gasteiger partial charge in [-0.25, -0.2) is 0 Å². The smallest absolute Gasteiger partial charge is 0.168 e. The van der Waals surface area contributed by atoms with E-state index in [0.717, 1.165) is 43.0 Å². The van der Waals surface area contributed by atoms with Gasteiger partial charge in [0, 0.05) is 14.1 Å². The summed E-state index contributed by atoms with van der Waals surface area (Å²) in [6.45, 7) is 1.43. The largest absolute Gasteiger partial charge is 0.375 e. The molecule has 2 aliphatic rings. The monoisotopic (exact) mass is 342 g/mol. The zero-order valence-corrected chi connectivity index (χ0v) is 15.0. The standard InChI is InChI=1S/C19H26N4O2/c1-22-18(10-24)8-17(21-22)7-14-6-15(14)11-25-12-19-9-16(20-23(19)2)5-13-3-4-13/h8-10,13-15H,3-7,11-12H2,1-2H3. The Kier molecular flexibility index (Phi) is 4.46. The molecule has 2 aliphatic carbocycles. The minimum Gasteiger partial charge on any atom is -0.375 e. The van der Waals surface area contributed by atoms with E-state index in [1.807, 2.05) is 24.8 Å². The fourth-order valence-electron chi connectivity index (χ4n) is 3.53. The van der Waals surface area contributed by atoms with Gasteiger partial charge in [-0.15, -0.1) is 0 Å². The van der Waals surface area contributed by atoms with Gasteiger partial charge >= 0.3 is 0 Å². The summed E-state index contributed by atoms with van der Waals surface area (Å²) >= 11 is 0. The van der Waals surface area contributed by atoms with Crippen molar-refractivity contribution in [2.75, 3.05) is 6.61 Å². The van der Waals surface area contributed by atoms with E-state index in [4.69, 9.17) is 4.74 Å². The SMILES string of the molecule is Cn1nc(CC2CC2COCc2cc(CC3CC3)nn2C)cc1C=O. The van der Waals surface area contributed by atoms with Crippen molar-refractivity contribution in [1.29, 1.82) is 0 Å². The lowest BCUT2D eigenvalue weighted by molar-refractivity contribution is 0.103. The molecule has 2 atom stereocenters. The first-order chi connectivity index (χ1) is 12.1. The van der Waals surface area contributed by atoms with Gasteiger partial charge in [0.1, 0.15) is 5.69 Å². The Morgan fingerprint density at radius 1 is 1.12 bits per heavy atom. The number of nitrogens with zero attached hydrogens (tertiary/aromatic N) is 4. The van der Waals surface area contributed by atoms with Crippen molar-refractivity contribution >= 4 is 6.29 Å². The highest BCUT2D eigenvalue weighted by atomic mass is 16.5. The zero-order chi connectivity index (χ0) is 17.4. The lowest BCUT2D eigenvalue weighted by Gasteiger charge is -2.04. The third kappa shape index (κ3) is 4.00. The van der Waals surface area contributed by atoms with Crippen molar-refractivity contribution in [1.82, 2.24) is 19.6 Å². The summed E-state index contributed by atoms with van der Waals surface area (Å²) in [6, 6.07) is 4.08. The molecule has 0 aromatic carbocycles. The van der Waals surface area contributed by atoms with Gasteiger partial charge in [-0.05, 0) is 62.0 Å². The fourth-order valence-corrected chi connectivity index (χ4v) is 3.53. The van der Waals surface area contributed by atoms with Crippen LogP contribution in [-0.2, 0) is 38.3 Å². The second-order valence-electron chi connectivity index (χ2n) is 7.68. The average Bonchev–Trinajstić information content (AvgIpc) is 3.46. The first-order valence-electron chi connectivity index (χ1n) is 9.20. The lowest BCUT2D eigenvalue weighted by atomic mass is 10.2. The predicted molar refractivity (Wildman–Crippen MR) is 93.2 cm³/mol. The Labute approximate surface area is 148 Å². The molecular formula is C19H26N4O2. The van der Waals surface area contributed by atoms with Gasteiger partial charge < -0.3 is 4.74 Å². The van der Waals surface area contributed by atoms with Crippen LogP contribution < -0.4 is 0 Å². The normalized spacial score (nSPS) is 22.3. The van der Waals surface area contributed by atoms with E-state index in [-0.39, 0.29) is 0 Å². The van der Waals surface area contributed by atoms with Gasteiger partial charge in [0.05, 0.1) is 30.3 Å². The third-order valence-electron chi connectivity index (χ3n) is 5.43. The van der Waals surface area contributed by atoms with Gasteiger partial charge in [0.15, 0.2) is 6.29 Å². The summed E-state index contributed by atoms with van der Waals surface area (Å²) in [7, 11) is 3.81. The minimum absolute atomic E-state index is 0.612. The number of hydrogen-bond acceptors (Lipinski definition) is 4. The molecule has 0 saturated heterocycles. The summed E-state index contributed by atoms with van der Waals surface area (Å²) in [5, 5.41) is 8.99. The van der Waals surface area contributed by atoms with Crippen LogP contribution >= 0.6 is 0 Å². The van der Waals surface area contributed by atoms with Crippen LogP contribution in [0.1, 0.15) is 46.8 Å². The predicted octanol–water partition coefficient (Wildman–Crippen LogP) is 2.31. The molecule has 6 nitrogen and oxygen atoms in total. The van der Waals surface area contributed by atoms with Gasteiger partial charge in [0.2, 0.25) is 0 Å². The second kappa shape index (κ2) is 6.75. The number of carbonyl (C=O) groups excluding carboxylic acids is 1. The van der Waals surface area contributed by atoms with Gasteiger partial charge in [0.25, 0.3) is 0 Å². The molecule has 0 spiro atoms. The summed E-state index contributed by atoms with van der Waals surface area (Å²) in [5.41, 5.74) is 4.01. The highest BCUT2D eigenvalue weighted by Crippen LogP contribution is 2.41. The quantitative estimate of drug-likeness (QED) is 0.656. The fraction of sp³-hybridized carbons (Fsp3) is 0.632. The number of aromatic nitrogens is 4. The molecule has 4 rings (SSSR count). The highest BCUT2D eigenvalue weighted by molar-refractivity contribution is 5.72. The van der Waals surface area contributed by atoms with E-state index in [1.54, 1.807) is 4.68 Å². The van der Waals surface area contributed by atoms with Crippen LogP contribution in [0.4, 0.5) is 0 Å². The van der Waals surface area contributed by atoms with Crippen LogP contribution in [0, 0.1) is 17.8 Å². The van der Waals surface area contributed by atoms with Gasteiger partial charge in [-0.3, -0.25) is 14.2 Å². The number of ether oxygens (including phenoxy) is 1. The summed E-state index contributed by atoms with van der Waals surface area (Å²) in [6.07, 6.45) is 6.81. The summed E-state index contributed by atoms with van der Waals surface area (Å²) in [4.78, 5) is 10.9. The minimum atomic E-state index is 0.612. The van der Waals surface area contributed by atoms with Crippen LogP contribution in [0.25, 0.3) is 0 Å². The molecular weight excluding hydrogens is 316 g/mol. The van der Waals surface area contributed by atoms with Crippen molar-refractivity contribution in [3.8, 4) is 0 Å². The Balaban J connectivity index is 1.21. The first kappa shape index (κ1) is 16.5. The molecule has 0 aliphatic heterocycles. The number of hydrogen-bond donors (Lipinski definition) is 0. The van der Waals surface area contributed by atoms with Gasteiger partial charge in [-0.1, -0.05) is 0 Å². The Hall–Kier alpha value is -1.95. The van der Waals surface area contributed by atoms with Crippen LogP contribution in [-0.4, -0.2) is 32.5 Å². The van der Waals surface area contributed by atoms with Crippen LogP contribution in [0.15, 0.2) is 12.1 Å². The van der Waals surface area contributed by atoms with Crippen molar-refractivity contribution < 1.29 is 9.53 Å². The van der Waals surface area contributed by atoms with E-state index < -0.39 is 0 Å². The molecule has 2 aromatic heterocycles. The molecule has 6 heteroatoms. The first-order valence-corrected chi connectivity index (χ1v) is 9.20. The molecule has 0 bridgehead atoms. The van der Waals surface area contributed by atoms with E-state index in [2.05, 4.69) is 16.3 Å². The number of rotatable bonds is 9. The molecule has 25 heavy (non-hydrogen) atoms. The molecule has 134 valence electrons. The van der Waals surface area contributed by atoms with Crippen molar-refractivity contribution in [2.45, 2.75) is 38.7 Å². The zero-order valence-electron chi connectivity index (χ0n) is 15.0. The topological polar surface area (TPSA) is 61.9 Å². The molecule has 2 aromatic rings. The van der Waals surface area contributed by atoms with Crippen LogP contribution in [0.3, 0.4) is 0 Å². The molecule has 2 unspecified atom stereocenters. The number of aldehydes is 1. The molecule has 2 saturated carbocycles. The Morgan fingerprint density at radius 2 is 1.88 bits per heavy atom. The summed E-state index contributed by atoms with van der Waals surface area (Å²) in [5.74, 6) is 2.11. The van der Waals surface area contributed by atoms with Crippen LogP contribution in [0.5, 0.6) is 0 Å². The maximum absolute atomic E-state index is 10.9. The van der Waals surface area contributed by atoms with Crippen molar-refractivity contribution in [3.63, 3.8) is 0 Å². The lowest BCUT2D eigenvalue weighted by Crippen LogP contribution is -2.04. The van der Waals surface area contributed by atoms with E-state index >= 15 is 0 Å². The molecule has 0 N–H and O–H groups in total. The number of aryl methyl sites for hydroxylation is 2. The maximum atomic E-state index is 10.9. The highest BCUT2D eigenvalue weighted by Gasteiger charge is 2.37. The summed E-state index contributed by atoms with van der Waals surface area (Å²) < 4.78 is 9.54. The van der Waals surface area contributed by atoms with Crippen LogP contribution in [0.2, 0.25) is 0 Å². The van der Waals surface area contributed by atoms with E-state index in [0.29, 0.717) is 24.1 Å². The third-order valence-corrected chi connectivity index (χ3v) is 5.43. The number of carbonyl (C=O) groups is 1. The maximum Gasteiger partial charge on any atom is 0.168 e. The second-order valence-corrected chi connectivity index (χ2v) is 7.68. The van der Waals surface area contributed by atoms with Crippen molar-refractivity contribution in [2.24, 2.45) is 31.8 Å². The Bertz CT molecular complexity index is 760. The average molecular weight is 342 g/mol. The van der Waals surface area contributed by atoms with Gasteiger partial charge in [-0.2, -0.15) is 10.2 Å². The molecule has 2 fully saturated rings. The Morgan fingerprint density at radius 3 is 2.60 bits per heavy atom. The van der Waals surface area contributed by atoms with E-state index in [9.17, 15) is 4.79 Å².